The average molecular weight is 327 g/mol. The van der Waals surface area contributed by atoms with Crippen LogP contribution in [0.5, 0.6) is 0 Å². The molecule has 2 N–H and O–H groups in total. The number of hydrogen-bond acceptors (Lipinski definition) is 2. The number of nitrogens with two attached hydrogens (primary N) is 1. The molecule has 0 aliphatic carbocycles. The topological polar surface area (TPSA) is 26.0 Å². The van der Waals surface area contributed by atoms with Crippen LogP contribution in [-0.4, -0.2) is 12.3 Å². The fourth-order valence-electron chi connectivity index (χ4n) is 0.842. The van der Waals surface area contributed by atoms with E-state index in [1.54, 1.807) is 0 Å². The van der Waals surface area contributed by atoms with Crippen LogP contribution in [-0.2, 0) is 0 Å². The van der Waals surface area contributed by atoms with Gasteiger partial charge in [-0.3, -0.25) is 0 Å². The molecule has 0 saturated heterocycles. The SMILES string of the molecule is NC(c1cc(Cl)c(Br)s1)C(F)(F)C(F)F. The van der Waals surface area contributed by atoms with Gasteiger partial charge in [0.05, 0.1) is 8.81 Å². The van der Waals surface area contributed by atoms with Crippen molar-refractivity contribution in [2.24, 2.45) is 5.73 Å². The Morgan fingerprint density at radius 2 is 2.00 bits per heavy atom. The summed E-state index contributed by atoms with van der Waals surface area (Å²) in [7, 11) is 0. The van der Waals surface area contributed by atoms with Crippen molar-refractivity contribution in [2.45, 2.75) is 18.4 Å². The number of alkyl halides is 4. The summed E-state index contributed by atoms with van der Waals surface area (Å²) in [6.45, 7) is 0. The van der Waals surface area contributed by atoms with Gasteiger partial charge in [0.1, 0.15) is 6.04 Å². The molecule has 86 valence electrons. The largest absolute Gasteiger partial charge is 0.327 e. The molecule has 1 atom stereocenters. The highest BCUT2D eigenvalue weighted by Gasteiger charge is 2.48. The van der Waals surface area contributed by atoms with Crippen LogP contribution in [0.3, 0.4) is 0 Å². The summed E-state index contributed by atoms with van der Waals surface area (Å²) in [5.74, 6) is -4.26. The van der Waals surface area contributed by atoms with E-state index in [-0.39, 0.29) is 9.90 Å². The van der Waals surface area contributed by atoms with E-state index in [1.807, 2.05) is 0 Å². The summed E-state index contributed by atoms with van der Waals surface area (Å²) < 4.78 is 50.0. The van der Waals surface area contributed by atoms with E-state index in [0.29, 0.717) is 3.79 Å². The van der Waals surface area contributed by atoms with Gasteiger partial charge in [-0.1, -0.05) is 11.6 Å². The summed E-state index contributed by atoms with van der Waals surface area (Å²) in [5.41, 5.74) is 5.06. The van der Waals surface area contributed by atoms with Crippen LogP contribution >= 0.6 is 38.9 Å². The van der Waals surface area contributed by atoms with E-state index in [1.165, 1.54) is 0 Å². The van der Waals surface area contributed by atoms with E-state index >= 15 is 0 Å². The zero-order valence-corrected chi connectivity index (χ0v) is 10.1. The zero-order chi connectivity index (χ0) is 11.8. The molecule has 0 amide bonds. The molecule has 0 radical (unpaired) electrons. The average Bonchev–Trinajstić information content (AvgIpc) is 2.45. The van der Waals surface area contributed by atoms with Crippen LogP contribution in [0, 0.1) is 0 Å². The number of thiophene rings is 1. The van der Waals surface area contributed by atoms with Crippen LogP contribution in [0.15, 0.2) is 9.85 Å². The molecule has 0 bridgehead atoms. The predicted molar refractivity (Wildman–Crippen MR) is 54.9 cm³/mol. The van der Waals surface area contributed by atoms with Crippen LogP contribution in [0.4, 0.5) is 17.6 Å². The van der Waals surface area contributed by atoms with Crippen LogP contribution in [0.1, 0.15) is 10.9 Å². The maximum atomic E-state index is 12.8. The molecule has 0 aromatic carbocycles. The zero-order valence-electron chi connectivity index (χ0n) is 6.99. The molecule has 1 rings (SSSR count). The molecule has 1 heterocycles. The standard InChI is InChI=1S/C7H5BrClF4NS/c8-5-2(9)1-3(15-5)4(14)7(12,13)6(10)11/h1,4,6H,14H2. The Morgan fingerprint density at radius 3 is 2.33 bits per heavy atom. The first kappa shape index (κ1) is 13.2. The molecule has 0 aliphatic rings. The highest BCUT2D eigenvalue weighted by Crippen LogP contribution is 2.41. The Bertz CT molecular complexity index is 337. The van der Waals surface area contributed by atoms with E-state index in [4.69, 9.17) is 17.3 Å². The van der Waals surface area contributed by atoms with Crippen molar-refractivity contribution in [1.82, 2.24) is 0 Å². The van der Waals surface area contributed by atoms with E-state index < -0.39 is 18.4 Å². The van der Waals surface area contributed by atoms with E-state index in [2.05, 4.69) is 15.9 Å². The fraction of sp³-hybridized carbons (Fsp3) is 0.429. The van der Waals surface area contributed by atoms with Gasteiger partial charge in [-0.2, -0.15) is 8.78 Å². The monoisotopic (exact) mass is 325 g/mol. The lowest BCUT2D eigenvalue weighted by atomic mass is 10.1. The molecular weight excluding hydrogens is 322 g/mol. The summed E-state index contributed by atoms with van der Waals surface area (Å²) in [6, 6.07) is -0.900. The third-order valence-electron chi connectivity index (χ3n) is 1.68. The Hall–Kier alpha value is 0.150. The van der Waals surface area contributed by atoms with Crippen LogP contribution in [0.2, 0.25) is 5.02 Å². The molecule has 0 spiro atoms. The maximum absolute atomic E-state index is 12.8. The Labute approximate surface area is 100 Å². The molecule has 0 saturated carbocycles. The molecule has 1 aromatic rings. The van der Waals surface area contributed by atoms with Crippen molar-refractivity contribution in [3.05, 3.63) is 19.8 Å². The van der Waals surface area contributed by atoms with Crippen molar-refractivity contribution in [3.63, 3.8) is 0 Å². The molecule has 1 unspecified atom stereocenters. The molecule has 15 heavy (non-hydrogen) atoms. The van der Waals surface area contributed by atoms with E-state index in [0.717, 1.165) is 17.4 Å². The second-order valence-electron chi connectivity index (χ2n) is 2.72. The smallest absolute Gasteiger partial charge is 0.318 e. The normalized spacial score (nSPS) is 14.7. The highest BCUT2D eigenvalue weighted by molar-refractivity contribution is 9.11. The lowest BCUT2D eigenvalue weighted by Gasteiger charge is -2.21. The highest BCUT2D eigenvalue weighted by atomic mass is 79.9. The molecular formula is C7H5BrClF4NS. The summed E-state index contributed by atoms with van der Waals surface area (Å²) in [4.78, 5) is -0.0859. The van der Waals surface area contributed by atoms with Gasteiger partial charge in [0.25, 0.3) is 0 Å². The molecule has 8 heteroatoms. The predicted octanol–water partition coefficient (Wildman–Crippen LogP) is 4.06. The number of hydrogen-bond donors (Lipinski definition) is 1. The summed E-state index contributed by atoms with van der Waals surface area (Å²) in [5, 5.41) is 0.176. The molecule has 1 aromatic heterocycles. The van der Waals surface area contributed by atoms with Gasteiger partial charge in [-0.05, 0) is 22.0 Å². The van der Waals surface area contributed by atoms with Gasteiger partial charge in [-0.15, -0.1) is 11.3 Å². The summed E-state index contributed by atoms with van der Waals surface area (Å²) >= 11 is 9.38. The van der Waals surface area contributed by atoms with Crippen LogP contribution < -0.4 is 5.73 Å². The van der Waals surface area contributed by atoms with Gasteiger partial charge in [0.15, 0.2) is 0 Å². The van der Waals surface area contributed by atoms with E-state index in [9.17, 15) is 17.6 Å². The first-order valence-electron chi connectivity index (χ1n) is 3.63. The first-order valence-corrected chi connectivity index (χ1v) is 5.61. The van der Waals surface area contributed by atoms with Crippen molar-refractivity contribution >= 4 is 38.9 Å². The first-order chi connectivity index (χ1) is 6.76. The number of rotatable bonds is 3. The summed E-state index contributed by atoms with van der Waals surface area (Å²) in [6.07, 6.45) is -3.80. The lowest BCUT2D eigenvalue weighted by molar-refractivity contribution is -0.143. The van der Waals surface area contributed by atoms with Crippen molar-refractivity contribution in [3.8, 4) is 0 Å². The molecule has 0 aliphatic heterocycles. The third kappa shape index (κ3) is 2.64. The Balaban J connectivity index is 2.99. The minimum absolute atomic E-state index is 0.0859. The number of halogens is 6. The lowest BCUT2D eigenvalue weighted by Crippen LogP contribution is -2.38. The minimum Gasteiger partial charge on any atom is -0.318 e. The fourth-order valence-corrected chi connectivity index (χ4v) is 2.64. The van der Waals surface area contributed by atoms with Gasteiger partial charge in [0.2, 0.25) is 0 Å². The van der Waals surface area contributed by atoms with Crippen molar-refractivity contribution in [1.29, 1.82) is 0 Å². The Morgan fingerprint density at radius 1 is 1.47 bits per heavy atom. The quantitative estimate of drug-likeness (QED) is 0.833. The second kappa shape index (κ2) is 4.57. The molecule has 1 nitrogen and oxygen atoms in total. The van der Waals surface area contributed by atoms with Gasteiger partial charge in [0, 0.05) is 4.88 Å². The maximum Gasteiger partial charge on any atom is 0.327 e. The third-order valence-corrected chi connectivity index (χ3v) is 4.23. The van der Waals surface area contributed by atoms with Crippen molar-refractivity contribution < 1.29 is 17.6 Å². The van der Waals surface area contributed by atoms with Crippen molar-refractivity contribution in [2.75, 3.05) is 0 Å². The van der Waals surface area contributed by atoms with Gasteiger partial charge in [-0.25, -0.2) is 8.78 Å². The van der Waals surface area contributed by atoms with Gasteiger partial charge < -0.3 is 5.73 Å². The Kier molecular flexibility index (Phi) is 4.02. The minimum atomic E-state index is -4.26. The van der Waals surface area contributed by atoms with Crippen LogP contribution in [0.25, 0.3) is 0 Å². The second-order valence-corrected chi connectivity index (χ2v) is 5.53. The molecule has 0 fully saturated rings. The van der Waals surface area contributed by atoms with Gasteiger partial charge >= 0.3 is 12.3 Å².